The number of likely N-dealkylation sites (tertiary alicyclic amines) is 1. The quantitative estimate of drug-likeness (QED) is 0.463. The first-order chi connectivity index (χ1) is 15.7. The van der Waals surface area contributed by atoms with Crippen LogP contribution in [0.3, 0.4) is 0 Å². The minimum atomic E-state index is -4.39. The van der Waals surface area contributed by atoms with E-state index in [1.54, 1.807) is 6.92 Å². The lowest BCUT2D eigenvalue weighted by atomic mass is 10.0. The molecule has 0 amide bonds. The van der Waals surface area contributed by atoms with Gasteiger partial charge in [-0.05, 0) is 55.3 Å². The van der Waals surface area contributed by atoms with E-state index in [9.17, 15) is 18.0 Å². The summed E-state index contributed by atoms with van der Waals surface area (Å²) in [5.74, 6) is 1.18. The van der Waals surface area contributed by atoms with Gasteiger partial charge in [-0.25, -0.2) is 4.98 Å². The van der Waals surface area contributed by atoms with E-state index < -0.39 is 11.7 Å². The Labute approximate surface area is 188 Å². The van der Waals surface area contributed by atoms with Crippen LogP contribution >= 0.6 is 0 Å². The molecule has 2 aromatic carbocycles. The highest BCUT2D eigenvalue weighted by Gasteiger charge is 2.34. The molecule has 9 heteroatoms. The van der Waals surface area contributed by atoms with Gasteiger partial charge in [0.15, 0.2) is 0 Å². The molecule has 2 heterocycles. The van der Waals surface area contributed by atoms with Crippen LogP contribution in [-0.4, -0.2) is 35.5 Å². The van der Waals surface area contributed by atoms with Crippen molar-refractivity contribution < 1.29 is 31.9 Å². The Morgan fingerprint density at radius 3 is 2.61 bits per heavy atom. The summed E-state index contributed by atoms with van der Waals surface area (Å²) >= 11 is 0. The Kier molecular flexibility index (Phi) is 6.42. The molecule has 1 fully saturated rings. The van der Waals surface area contributed by atoms with Gasteiger partial charge in [-0.3, -0.25) is 9.69 Å². The molecule has 4 rings (SSSR count). The molecule has 6 nitrogen and oxygen atoms in total. The summed E-state index contributed by atoms with van der Waals surface area (Å²) in [7, 11) is 1.39. The number of halogens is 3. The number of benzene rings is 2. The van der Waals surface area contributed by atoms with E-state index in [0.717, 1.165) is 30.7 Å². The minimum Gasteiger partial charge on any atom is -0.487 e. The zero-order valence-electron chi connectivity index (χ0n) is 18.2. The standard InChI is InChI=1S/C24H23F3N2O4/c1-15-20(28-22(33-15)17-6-8-18(9-7-17)24(25,26)27)14-32-19-5-3-4-16(12-19)13-29-11-10-21(29)23(30)31-2/h3-9,12,21H,10-11,13-14H2,1-2H3/t21-/m1/s1. The van der Waals surface area contributed by atoms with Crippen LogP contribution in [0, 0.1) is 6.92 Å². The number of rotatable bonds is 7. The van der Waals surface area contributed by atoms with E-state index in [1.165, 1.54) is 19.2 Å². The SMILES string of the molecule is COC(=O)[C@H]1CCN1Cc1cccc(OCc2nc(-c3ccc(C(F)(F)F)cc3)oc2C)c1. The Bertz CT molecular complexity index is 1130. The van der Waals surface area contributed by atoms with Crippen LogP contribution in [-0.2, 0) is 28.9 Å². The van der Waals surface area contributed by atoms with Crippen LogP contribution in [0.1, 0.15) is 29.0 Å². The highest BCUT2D eigenvalue weighted by Crippen LogP contribution is 2.31. The smallest absolute Gasteiger partial charge is 0.416 e. The number of hydrogen-bond donors (Lipinski definition) is 0. The van der Waals surface area contributed by atoms with Crippen molar-refractivity contribution in [2.45, 2.75) is 38.7 Å². The van der Waals surface area contributed by atoms with Crippen LogP contribution in [0.4, 0.5) is 13.2 Å². The number of hydrogen-bond acceptors (Lipinski definition) is 6. The molecule has 1 atom stereocenters. The molecule has 0 spiro atoms. The number of esters is 1. The van der Waals surface area contributed by atoms with E-state index in [-0.39, 0.29) is 24.5 Å². The largest absolute Gasteiger partial charge is 0.487 e. The molecule has 0 saturated carbocycles. The van der Waals surface area contributed by atoms with Gasteiger partial charge in [-0.1, -0.05) is 12.1 Å². The van der Waals surface area contributed by atoms with Gasteiger partial charge in [-0.2, -0.15) is 13.2 Å². The Balaban J connectivity index is 1.39. The molecule has 0 unspecified atom stereocenters. The first-order valence-corrected chi connectivity index (χ1v) is 10.4. The highest BCUT2D eigenvalue weighted by atomic mass is 19.4. The summed E-state index contributed by atoms with van der Waals surface area (Å²) in [6.07, 6.45) is -3.61. The maximum Gasteiger partial charge on any atom is 0.416 e. The Morgan fingerprint density at radius 1 is 1.21 bits per heavy atom. The van der Waals surface area contributed by atoms with Gasteiger partial charge in [0.1, 0.15) is 29.9 Å². The average molecular weight is 460 g/mol. The predicted molar refractivity (Wildman–Crippen MR) is 113 cm³/mol. The summed E-state index contributed by atoms with van der Waals surface area (Å²) < 4.78 is 54.6. The first-order valence-electron chi connectivity index (χ1n) is 10.4. The molecular formula is C24H23F3N2O4. The number of ether oxygens (including phenoxy) is 2. The van der Waals surface area contributed by atoms with Gasteiger partial charge < -0.3 is 13.9 Å². The molecule has 3 aromatic rings. The van der Waals surface area contributed by atoms with E-state index >= 15 is 0 Å². The lowest BCUT2D eigenvalue weighted by Crippen LogP contribution is -2.52. The maximum absolute atomic E-state index is 12.8. The van der Waals surface area contributed by atoms with Crippen molar-refractivity contribution in [3.63, 3.8) is 0 Å². The van der Waals surface area contributed by atoms with Crippen molar-refractivity contribution in [2.24, 2.45) is 0 Å². The molecule has 0 radical (unpaired) electrons. The summed E-state index contributed by atoms with van der Waals surface area (Å²) in [6, 6.07) is 12.0. The number of carbonyl (C=O) groups excluding carboxylic acids is 1. The topological polar surface area (TPSA) is 64.8 Å². The number of methoxy groups -OCH3 is 1. The summed E-state index contributed by atoms with van der Waals surface area (Å²) in [5.41, 5.74) is 1.29. The maximum atomic E-state index is 12.8. The summed E-state index contributed by atoms with van der Waals surface area (Å²) in [4.78, 5) is 18.2. The number of oxazole rings is 1. The average Bonchev–Trinajstić information content (AvgIpc) is 3.15. The van der Waals surface area contributed by atoms with Crippen LogP contribution in [0.2, 0.25) is 0 Å². The molecule has 174 valence electrons. The van der Waals surface area contributed by atoms with E-state index in [1.807, 2.05) is 29.2 Å². The highest BCUT2D eigenvalue weighted by molar-refractivity contribution is 5.76. The monoisotopic (exact) mass is 460 g/mol. The normalized spacial score (nSPS) is 16.3. The Morgan fingerprint density at radius 2 is 1.97 bits per heavy atom. The van der Waals surface area contributed by atoms with E-state index in [0.29, 0.717) is 29.3 Å². The fourth-order valence-corrected chi connectivity index (χ4v) is 3.64. The van der Waals surface area contributed by atoms with Gasteiger partial charge in [0.25, 0.3) is 0 Å². The van der Waals surface area contributed by atoms with E-state index in [2.05, 4.69) is 4.98 Å². The van der Waals surface area contributed by atoms with Crippen LogP contribution in [0.25, 0.3) is 11.5 Å². The molecule has 0 aliphatic carbocycles. The van der Waals surface area contributed by atoms with Crippen LogP contribution in [0.5, 0.6) is 5.75 Å². The number of carbonyl (C=O) groups is 1. The predicted octanol–water partition coefficient (Wildman–Crippen LogP) is 5.00. The van der Waals surface area contributed by atoms with Crippen LogP contribution in [0.15, 0.2) is 52.9 Å². The van der Waals surface area contributed by atoms with Gasteiger partial charge in [0.2, 0.25) is 5.89 Å². The first kappa shape index (κ1) is 22.8. The summed E-state index contributed by atoms with van der Waals surface area (Å²) in [5, 5.41) is 0. The molecule has 1 aromatic heterocycles. The number of alkyl halides is 3. The second-order valence-corrected chi connectivity index (χ2v) is 7.83. The molecule has 33 heavy (non-hydrogen) atoms. The van der Waals surface area contributed by atoms with Gasteiger partial charge in [0, 0.05) is 18.7 Å². The third-order valence-electron chi connectivity index (χ3n) is 5.62. The molecule has 0 bridgehead atoms. The van der Waals surface area contributed by atoms with Crippen molar-refractivity contribution in [3.05, 3.63) is 71.1 Å². The zero-order chi connectivity index (χ0) is 23.6. The second-order valence-electron chi connectivity index (χ2n) is 7.83. The zero-order valence-corrected chi connectivity index (χ0v) is 18.2. The number of nitrogens with zero attached hydrogens (tertiary/aromatic N) is 2. The second kappa shape index (κ2) is 9.27. The van der Waals surface area contributed by atoms with E-state index in [4.69, 9.17) is 13.9 Å². The van der Waals surface area contributed by atoms with Crippen molar-refractivity contribution in [1.29, 1.82) is 0 Å². The van der Waals surface area contributed by atoms with Crippen molar-refractivity contribution in [1.82, 2.24) is 9.88 Å². The number of aromatic nitrogens is 1. The summed E-state index contributed by atoms with van der Waals surface area (Å²) in [6.45, 7) is 3.31. The number of aryl methyl sites for hydroxylation is 1. The van der Waals surface area contributed by atoms with Crippen LogP contribution < -0.4 is 4.74 Å². The lowest BCUT2D eigenvalue weighted by Gasteiger charge is -2.38. The van der Waals surface area contributed by atoms with Crippen molar-refractivity contribution >= 4 is 5.97 Å². The molecule has 1 aliphatic rings. The third kappa shape index (κ3) is 5.19. The minimum absolute atomic E-state index is 0.147. The fourth-order valence-electron chi connectivity index (χ4n) is 3.64. The molecule has 0 N–H and O–H groups in total. The Hall–Kier alpha value is -3.33. The van der Waals surface area contributed by atoms with Crippen molar-refractivity contribution in [3.8, 4) is 17.2 Å². The van der Waals surface area contributed by atoms with Crippen molar-refractivity contribution in [2.75, 3.05) is 13.7 Å². The van der Waals surface area contributed by atoms with Gasteiger partial charge >= 0.3 is 12.1 Å². The van der Waals surface area contributed by atoms with Gasteiger partial charge in [-0.15, -0.1) is 0 Å². The van der Waals surface area contributed by atoms with Gasteiger partial charge in [0.05, 0.1) is 12.7 Å². The molecule has 1 aliphatic heterocycles. The lowest BCUT2D eigenvalue weighted by molar-refractivity contribution is -0.152. The molecule has 1 saturated heterocycles. The molecular weight excluding hydrogens is 437 g/mol. The fraction of sp³-hybridized carbons (Fsp3) is 0.333. The third-order valence-corrected chi connectivity index (χ3v) is 5.62.